The van der Waals surface area contributed by atoms with Crippen LogP contribution in [0.4, 0.5) is 0 Å². The van der Waals surface area contributed by atoms with Crippen LogP contribution in [0.5, 0.6) is 0 Å². The van der Waals surface area contributed by atoms with Crippen molar-refractivity contribution in [2.75, 3.05) is 0 Å². The summed E-state index contributed by atoms with van der Waals surface area (Å²) in [7, 11) is 0. The van der Waals surface area contributed by atoms with Crippen LogP contribution in [0.1, 0.15) is 15.1 Å². The highest BCUT2D eigenvalue weighted by atomic mass is 79.9. The summed E-state index contributed by atoms with van der Waals surface area (Å²) in [5.41, 5.74) is -0.567. The lowest BCUT2D eigenvalue weighted by molar-refractivity contribution is 1.18. The van der Waals surface area contributed by atoms with Crippen molar-refractivity contribution in [1.29, 1.82) is 0 Å². The number of nitrogens with zero attached hydrogens (tertiary/aromatic N) is 1. The SMILES string of the molecule is [2H]c1c([2H])c([2H])c(-n2c3c([2H])c(Br)c([2H])c([2H])c3c3c([2H])c([2H])c(Br)c([2H])c32)c([2H])c1[2H]. The molecular weight excluding hydrogens is 390 g/mol. The molecule has 0 aliphatic carbocycles. The highest BCUT2D eigenvalue weighted by Gasteiger charge is 2.12. The third-order valence-electron chi connectivity index (χ3n) is 2.93. The van der Waals surface area contributed by atoms with Crippen molar-refractivity contribution >= 4 is 53.7 Å². The van der Waals surface area contributed by atoms with E-state index in [4.69, 9.17) is 15.1 Å². The van der Waals surface area contributed by atoms with Crippen molar-refractivity contribution in [2.45, 2.75) is 0 Å². The number of para-hydroxylation sites is 1. The summed E-state index contributed by atoms with van der Waals surface area (Å²) >= 11 is 6.22. The van der Waals surface area contributed by atoms with Gasteiger partial charge in [-0.3, -0.25) is 0 Å². The minimum Gasteiger partial charge on any atom is -0.309 e. The zero-order valence-electron chi connectivity index (χ0n) is 21.2. The van der Waals surface area contributed by atoms with E-state index in [1.165, 1.54) is 0 Å². The van der Waals surface area contributed by atoms with Gasteiger partial charge in [-0.1, -0.05) is 62.1 Å². The number of hydrogen-bond acceptors (Lipinski definition) is 0. The Morgan fingerprint density at radius 1 is 0.714 bits per heavy atom. The molecule has 0 aliphatic heterocycles. The van der Waals surface area contributed by atoms with Gasteiger partial charge < -0.3 is 4.57 Å². The summed E-state index contributed by atoms with van der Waals surface area (Å²) in [4.78, 5) is 0. The molecular formula is C18H11Br2N. The Kier molecular flexibility index (Phi) is 1.41. The van der Waals surface area contributed by atoms with Crippen LogP contribution >= 0.6 is 31.9 Å². The van der Waals surface area contributed by atoms with Gasteiger partial charge in [0.05, 0.1) is 26.1 Å². The van der Waals surface area contributed by atoms with Crippen molar-refractivity contribution in [3.05, 3.63) is 75.4 Å². The first-order valence-corrected chi connectivity index (χ1v) is 7.38. The molecule has 0 spiro atoms. The summed E-state index contributed by atoms with van der Waals surface area (Å²) in [6.07, 6.45) is 0. The van der Waals surface area contributed by atoms with Crippen LogP contribution in [-0.4, -0.2) is 4.57 Å². The molecule has 0 atom stereocenters. The quantitative estimate of drug-likeness (QED) is 0.346. The Balaban J connectivity index is 2.50. The predicted molar refractivity (Wildman–Crippen MR) is 96.2 cm³/mol. The van der Waals surface area contributed by atoms with E-state index in [0.717, 1.165) is 4.57 Å². The molecule has 102 valence electrons. The fourth-order valence-electron chi connectivity index (χ4n) is 2.14. The number of halogens is 2. The van der Waals surface area contributed by atoms with Crippen LogP contribution < -0.4 is 0 Å². The van der Waals surface area contributed by atoms with E-state index in [0.29, 0.717) is 0 Å². The average Bonchev–Trinajstić information content (AvgIpc) is 3.12. The molecule has 0 bridgehead atoms. The lowest BCUT2D eigenvalue weighted by Gasteiger charge is -2.07. The van der Waals surface area contributed by atoms with E-state index in [1.54, 1.807) is 0 Å². The summed E-state index contributed by atoms with van der Waals surface area (Å²) in [5, 5.41) is -0.158. The van der Waals surface area contributed by atoms with Gasteiger partial charge >= 0.3 is 0 Å². The van der Waals surface area contributed by atoms with Crippen LogP contribution in [0.2, 0.25) is 0 Å². The van der Waals surface area contributed by atoms with E-state index in [1.807, 2.05) is 0 Å². The van der Waals surface area contributed by atoms with Crippen molar-refractivity contribution in [2.24, 2.45) is 0 Å². The fourth-order valence-corrected chi connectivity index (χ4v) is 2.71. The van der Waals surface area contributed by atoms with Gasteiger partial charge in [0.1, 0.15) is 0 Å². The van der Waals surface area contributed by atoms with Gasteiger partial charge in [-0.25, -0.2) is 0 Å². The van der Waals surface area contributed by atoms with Crippen molar-refractivity contribution in [3.63, 3.8) is 0 Å². The first-order valence-electron chi connectivity index (χ1n) is 11.3. The largest absolute Gasteiger partial charge is 0.309 e. The van der Waals surface area contributed by atoms with Gasteiger partial charge in [-0.05, 0) is 36.3 Å². The average molecular weight is 412 g/mol. The third-order valence-corrected chi connectivity index (χ3v) is 3.73. The van der Waals surface area contributed by atoms with Gasteiger partial charge in [-0.15, -0.1) is 0 Å². The smallest absolute Gasteiger partial charge is 0.0657 e. The number of benzene rings is 3. The fraction of sp³-hybridized carbons (Fsp3) is 0. The van der Waals surface area contributed by atoms with Gasteiger partial charge in [0.25, 0.3) is 0 Å². The monoisotopic (exact) mass is 410 g/mol. The third kappa shape index (κ3) is 2.12. The highest BCUT2D eigenvalue weighted by molar-refractivity contribution is 9.10. The van der Waals surface area contributed by atoms with Gasteiger partial charge in [0, 0.05) is 25.4 Å². The molecule has 0 N–H and O–H groups in total. The molecule has 3 heteroatoms. The molecule has 4 aromatic rings. The minimum atomic E-state index is -0.626. The van der Waals surface area contributed by atoms with Crippen molar-refractivity contribution < 1.29 is 15.1 Å². The molecule has 0 radical (unpaired) electrons. The molecule has 0 saturated heterocycles. The summed E-state index contributed by atoms with van der Waals surface area (Å²) < 4.78 is 92.1. The molecule has 3 aromatic carbocycles. The van der Waals surface area contributed by atoms with Crippen LogP contribution in [0.3, 0.4) is 0 Å². The summed E-state index contributed by atoms with van der Waals surface area (Å²) in [5.74, 6) is 0. The van der Waals surface area contributed by atoms with Crippen LogP contribution in [-0.2, 0) is 0 Å². The maximum absolute atomic E-state index is 8.58. The van der Waals surface area contributed by atoms with E-state index in [-0.39, 0.29) is 72.7 Å². The first kappa shape index (κ1) is 5.90. The number of aromatic nitrogens is 1. The molecule has 4 rings (SSSR count). The normalized spacial score (nSPS) is 18.7. The molecule has 0 unspecified atom stereocenters. The molecule has 21 heavy (non-hydrogen) atoms. The van der Waals surface area contributed by atoms with Crippen molar-refractivity contribution in [3.8, 4) is 5.69 Å². The zero-order chi connectivity index (χ0) is 24.0. The molecule has 0 saturated carbocycles. The summed E-state index contributed by atoms with van der Waals surface area (Å²) in [6.45, 7) is 0. The van der Waals surface area contributed by atoms with E-state index in [2.05, 4.69) is 31.9 Å². The first-order chi connectivity index (χ1) is 14.8. The molecule has 1 heterocycles. The Morgan fingerprint density at radius 2 is 1.24 bits per heavy atom. The number of rotatable bonds is 1. The van der Waals surface area contributed by atoms with E-state index in [9.17, 15) is 0 Å². The maximum atomic E-state index is 8.58. The van der Waals surface area contributed by atoms with Gasteiger partial charge in [0.2, 0.25) is 0 Å². The molecule has 1 aromatic heterocycles. The molecule has 0 fully saturated rings. The maximum Gasteiger partial charge on any atom is 0.0657 e. The van der Waals surface area contributed by atoms with Crippen LogP contribution in [0.25, 0.3) is 27.5 Å². The second-order valence-corrected chi connectivity index (χ2v) is 5.72. The van der Waals surface area contributed by atoms with E-state index >= 15 is 0 Å². The summed E-state index contributed by atoms with van der Waals surface area (Å²) in [6, 6.07) is -5.14. The lowest BCUT2D eigenvalue weighted by atomic mass is 10.2. The Bertz CT molecular complexity index is 1400. The standard InChI is InChI=1S/C18H11Br2N/c19-12-6-8-15-16-9-7-13(20)11-18(16)21(17(15)10-12)14-4-2-1-3-5-14/h1-11H/i1D,2D,3D,4D,5D,6D,7D,8D,9D,10D,11D. The zero-order valence-corrected chi connectivity index (χ0v) is 13.4. The second kappa shape index (κ2) is 5.00. The minimum absolute atomic E-state index is 0.0605. The highest BCUT2D eigenvalue weighted by Crippen LogP contribution is 2.34. The predicted octanol–water partition coefficient (Wildman–Crippen LogP) is 6.31. The number of hydrogen-bond donors (Lipinski definition) is 0. The van der Waals surface area contributed by atoms with E-state index < -0.39 is 30.2 Å². The molecule has 0 aliphatic rings. The van der Waals surface area contributed by atoms with Gasteiger partial charge in [-0.2, -0.15) is 0 Å². The number of fused-ring (bicyclic) bond motifs is 3. The van der Waals surface area contributed by atoms with Crippen molar-refractivity contribution in [1.82, 2.24) is 4.57 Å². The Labute approximate surface area is 154 Å². The molecule has 1 nitrogen and oxygen atoms in total. The molecule has 0 amide bonds. The van der Waals surface area contributed by atoms with Crippen LogP contribution in [0.15, 0.2) is 75.4 Å². The van der Waals surface area contributed by atoms with Gasteiger partial charge in [0.15, 0.2) is 0 Å². The second-order valence-electron chi connectivity index (χ2n) is 4.13. The van der Waals surface area contributed by atoms with Crippen LogP contribution in [0, 0.1) is 0 Å². The lowest BCUT2D eigenvalue weighted by Crippen LogP contribution is -1.92. The Morgan fingerprint density at radius 3 is 1.76 bits per heavy atom. The Hall–Kier alpha value is -1.58. The topological polar surface area (TPSA) is 4.93 Å².